The highest BCUT2D eigenvalue weighted by Gasteiger charge is 2.20. The number of hydrogen-bond donors (Lipinski definition) is 0. The van der Waals surface area contributed by atoms with E-state index in [2.05, 4.69) is 0 Å². The number of fused-ring (bicyclic) bond motifs is 9. The number of hydrogen-bond acceptors (Lipinski definition) is 0. The van der Waals surface area contributed by atoms with Crippen LogP contribution in [0.4, 0.5) is 0 Å². The first-order valence-electron chi connectivity index (χ1n) is 27.6. The molecule has 2 heteroatoms. The van der Waals surface area contributed by atoms with Crippen LogP contribution < -0.4 is 0 Å². The van der Waals surface area contributed by atoms with Crippen LogP contribution in [0.1, 0.15) is 38.4 Å². The van der Waals surface area contributed by atoms with Gasteiger partial charge in [0.1, 0.15) is 0 Å². The smallest absolute Gasteiger partial charge is 0.0651 e. The van der Waals surface area contributed by atoms with Crippen LogP contribution in [-0.4, -0.2) is 9.13 Å². The summed E-state index contributed by atoms with van der Waals surface area (Å²) in [5.41, 5.74) is -5.81. The Labute approximate surface area is 305 Å². The summed E-state index contributed by atoms with van der Waals surface area (Å²) >= 11 is 0. The maximum Gasteiger partial charge on any atom is 0.0651 e. The minimum Gasteiger partial charge on any atom is -0.309 e. The molecule has 0 atom stereocenters. The molecule has 0 bridgehead atoms. The van der Waals surface area contributed by atoms with E-state index in [1.54, 1.807) is 0 Å². The van der Waals surface area contributed by atoms with Crippen molar-refractivity contribution >= 4 is 65.2 Å². The molecule has 46 heavy (non-hydrogen) atoms. The van der Waals surface area contributed by atoms with Gasteiger partial charge >= 0.3 is 0 Å². The Balaban J connectivity index is 1.50. The van der Waals surface area contributed by atoms with Crippen molar-refractivity contribution in [2.75, 3.05) is 0 Å². The maximum atomic E-state index is 9.64. The molecule has 10 aromatic rings. The Bertz CT molecular complexity index is 4370. The molecule has 0 saturated carbocycles. The van der Waals surface area contributed by atoms with Crippen molar-refractivity contribution in [3.8, 4) is 22.5 Å². The minimum absolute atomic E-state index is 0.538. The van der Waals surface area contributed by atoms with E-state index < -0.39 is 257 Å². The third kappa shape index (κ3) is 3.65. The summed E-state index contributed by atoms with van der Waals surface area (Å²) in [7, 11) is 0. The van der Waals surface area contributed by atoms with Crippen LogP contribution in [0.15, 0.2) is 169 Å². The lowest BCUT2D eigenvalue weighted by Crippen LogP contribution is -1.95. The van der Waals surface area contributed by atoms with Crippen molar-refractivity contribution in [1.82, 2.24) is 9.13 Å². The van der Waals surface area contributed by atoms with E-state index >= 15 is 0 Å². The van der Waals surface area contributed by atoms with Gasteiger partial charge in [0.25, 0.3) is 0 Å². The molecule has 0 spiro atoms. The fourth-order valence-electron chi connectivity index (χ4n) is 5.60. The summed E-state index contributed by atoms with van der Waals surface area (Å²) in [4.78, 5) is 0. The molecule has 2 nitrogen and oxygen atoms in total. The highest BCUT2D eigenvalue weighted by atomic mass is 15.0. The molecule has 10 rings (SSSR count). The van der Waals surface area contributed by atoms with Crippen molar-refractivity contribution in [1.29, 1.82) is 0 Å². The van der Waals surface area contributed by atoms with Gasteiger partial charge in [-0.05, 0) is 81.0 Å². The molecule has 0 N–H and O–H groups in total. The minimum atomic E-state index is -1.09. The van der Waals surface area contributed by atoms with Gasteiger partial charge in [-0.3, -0.25) is 0 Å². The van der Waals surface area contributed by atoms with Gasteiger partial charge in [-0.1, -0.05) is 121 Å². The van der Waals surface area contributed by atoms with Crippen LogP contribution in [0.5, 0.6) is 0 Å². The van der Waals surface area contributed by atoms with Crippen LogP contribution >= 0.6 is 0 Å². The molecule has 0 radical (unpaired) electrons. The van der Waals surface area contributed by atoms with E-state index in [9.17, 15) is 15.1 Å². The van der Waals surface area contributed by atoms with E-state index in [1.165, 1.54) is 0 Å². The molecule has 214 valence electrons. The van der Waals surface area contributed by atoms with Crippen LogP contribution in [0, 0.1) is 0 Å². The molecule has 0 fully saturated rings. The standard InChI is InChI=1S/C44H28N2/c1-3-11-32-27-34(18-17-29(32)9-1)31-19-22-35(23-20-31)46-40-15-7-5-13-37(40)38-25-26-42-43(44(38)46)39-14-6-8-16-41(39)45(42)36-24-21-30-10-2-4-12-33(30)28-36/h1-28H/i1D,2D,3D,4D,5D,6D,7D,8D,9D,10D,11D,12D,13D,14D,15D,16D,17D,18D,19D,20D,21D,22D,23D,24D,25D,26D,27D,28D. The number of nitrogens with zero attached hydrogens (tertiary/aromatic N) is 2. The Kier molecular flexibility index (Phi) is 2.15. The largest absolute Gasteiger partial charge is 0.309 e. The second-order valence-electron chi connectivity index (χ2n) is 10.0. The van der Waals surface area contributed by atoms with Gasteiger partial charge in [-0.15, -0.1) is 0 Å². The van der Waals surface area contributed by atoms with Gasteiger partial charge in [-0.25, -0.2) is 0 Å². The number of aromatic nitrogens is 2. The average molecular weight is 613 g/mol. The summed E-state index contributed by atoms with van der Waals surface area (Å²) in [6, 6.07) is -25.3. The Hall–Kier alpha value is -6.12. The SMILES string of the molecule is [2H]c1c([2H])c(-n2c3c([2H])c([2H])c([2H])c([2H])c3c3c([2H])c([2H])c4c(c5c([2H])c([2H])c([2H])c([2H])c5n4-c4c([2H])c([2H])c5c([2H])c([2H])c([2H])c([2H])c5c4[2H])c32)c([2H])c([2H])c1-c1c([2H])c([2H])c2c([2H])c([2H])c([2H])c([2H])c2c1[2H]. The quantitative estimate of drug-likeness (QED) is 0.188. The van der Waals surface area contributed by atoms with E-state index in [4.69, 9.17) is 23.3 Å². The fourth-order valence-corrected chi connectivity index (χ4v) is 5.60. The zero-order valence-electron chi connectivity index (χ0n) is 50.9. The van der Waals surface area contributed by atoms with Gasteiger partial charge in [0, 0.05) is 32.9 Å². The molecule has 0 aliphatic carbocycles. The highest BCUT2D eigenvalue weighted by molar-refractivity contribution is 6.26. The fraction of sp³-hybridized carbons (Fsp3) is 0. The molecule has 0 aliphatic rings. The van der Waals surface area contributed by atoms with Gasteiger partial charge in [0.05, 0.1) is 60.4 Å². The lowest BCUT2D eigenvalue weighted by molar-refractivity contribution is 1.18. The molecular formula is C44H28N2. The van der Waals surface area contributed by atoms with Crippen LogP contribution in [0.3, 0.4) is 0 Å². The monoisotopic (exact) mass is 612 g/mol. The maximum absolute atomic E-state index is 9.64. The first-order valence-corrected chi connectivity index (χ1v) is 13.6. The molecule has 0 aliphatic heterocycles. The first kappa shape index (κ1) is 10.2. The highest BCUT2D eigenvalue weighted by Crippen LogP contribution is 2.42. The topological polar surface area (TPSA) is 9.86 Å². The molecule has 2 aromatic heterocycles. The normalized spacial score (nSPS) is 20.4. The van der Waals surface area contributed by atoms with Crippen molar-refractivity contribution in [2.24, 2.45) is 0 Å². The van der Waals surface area contributed by atoms with Crippen LogP contribution in [0.25, 0.3) is 87.7 Å². The lowest BCUT2D eigenvalue weighted by atomic mass is 10.0. The van der Waals surface area contributed by atoms with E-state index in [0.717, 1.165) is 9.13 Å². The zero-order chi connectivity index (χ0) is 54.6. The van der Waals surface area contributed by atoms with E-state index in [1.807, 2.05) is 0 Å². The van der Waals surface area contributed by atoms with Gasteiger partial charge in [0.15, 0.2) is 0 Å². The lowest BCUT2D eigenvalue weighted by Gasteiger charge is -2.12. The summed E-state index contributed by atoms with van der Waals surface area (Å²) in [6.07, 6.45) is 0. The summed E-state index contributed by atoms with van der Waals surface area (Å²) in [5.74, 6) is 0. The number of rotatable bonds is 3. The van der Waals surface area contributed by atoms with Crippen LogP contribution in [0.2, 0.25) is 0 Å². The zero-order valence-corrected chi connectivity index (χ0v) is 22.9. The third-order valence-corrected chi connectivity index (χ3v) is 7.54. The summed E-state index contributed by atoms with van der Waals surface area (Å²) < 4.78 is 253. The molecule has 0 unspecified atom stereocenters. The van der Waals surface area contributed by atoms with Gasteiger partial charge < -0.3 is 9.13 Å². The Morgan fingerprint density at radius 1 is 0.348 bits per heavy atom. The van der Waals surface area contributed by atoms with Gasteiger partial charge in [-0.2, -0.15) is 0 Å². The van der Waals surface area contributed by atoms with E-state index in [0.29, 0.717) is 0 Å². The second-order valence-corrected chi connectivity index (χ2v) is 10.0. The predicted molar refractivity (Wildman–Crippen MR) is 196 cm³/mol. The molecular weight excluding hydrogens is 556 g/mol. The Morgan fingerprint density at radius 2 is 0.913 bits per heavy atom. The van der Waals surface area contributed by atoms with Crippen molar-refractivity contribution in [3.63, 3.8) is 0 Å². The Morgan fingerprint density at radius 3 is 1.67 bits per heavy atom. The molecule has 0 saturated heterocycles. The predicted octanol–water partition coefficient (Wildman–Crippen LogP) is 11.9. The van der Waals surface area contributed by atoms with Crippen molar-refractivity contribution in [3.05, 3.63) is 169 Å². The van der Waals surface area contributed by atoms with Crippen molar-refractivity contribution < 1.29 is 38.4 Å². The summed E-state index contributed by atoms with van der Waals surface area (Å²) in [6.45, 7) is 0. The first-order chi connectivity index (χ1) is 34.5. The second kappa shape index (κ2) is 9.69. The summed E-state index contributed by atoms with van der Waals surface area (Å²) in [5, 5.41) is -4.56. The molecule has 2 heterocycles. The van der Waals surface area contributed by atoms with E-state index in [-0.39, 0.29) is 0 Å². The number of para-hydroxylation sites is 2. The third-order valence-electron chi connectivity index (χ3n) is 7.54. The van der Waals surface area contributed by atoms with Crippen molar-refractivity contribution in [2.45, 2.75) is 0 Å². The van der Waals surface area contributed by atoms with Gasteiger partial charge in [0.2, 0.25) is 0 Å². The number of benzene rings is 8. The molecule has 8 aromatic carbocycles. The average Bonchev–Trinajstić information content (AvgIpc) is 3.90. The molecule has 0 amide bonds. The van der Waals surface area contributed by atoms with Crippen LogP contribution in [-0.2, 0) is 0 Å².